The standard InChI is InChI=1S/C83H142O17P2/c1-5-9-13-17-21-25-29-33-36-38-41-45-48-52-56-60-64-68-81(86)94-74-79(100-83(88)70-66-62-58-54-50-46-42-39-37-34-30-26-22-18-14-10-6-2)76-98-102(91,92)96-72-77(84)71-95-101(89,90)97-75-78(99-82(87)69-65-61-57-53-49-43-32-28-24-20-16-12-8-4)73-93-80(85)67-63-59-55-51-47-44-40-35-31-27-23-19-15-11-7-3/h9,13,21-23,25-28,32-37,40-42,45-46,77-79,84H,5-8,10-12,14-20,24,29-31,38-39,43-44,47-76H2,1-4H3,(H,89,90)(H,91,92)/b13-9-,25-21-,26-22-,27-23-,32-28-,36-33-,37-34-,40-35-,45-41-,46-42-/t77?,78-,79-/m1/s1. The Balaban J connectivity index is 5.42. The number of allylic oxidation sites excluding steroid dienone is 20. The van der Waals surface area contributed by atoms with Gasteiger partial charge >= 0.3 is 39.5 Å². The van der Waals surface area contributed by atoms with Crippen LogP contribution in [-0.4, -0.2) is 96.7 Å². The summed E-state index contributed by atoms with van der Waals surface area (Å²) in [6.45, 7) is 4.63. The number of phosphoric acid groups is 2. The van der Waals surface area contributed by atoms with E-state index in [1.54, 1.807) is 0 Å². The fraction of sp³-hybridized carbons (Fsp3) is 0.711. The zero-order valence-electron chi connectivity index (χ0n) is 64.0. The Hall–Kier alpha value is -4.54. The molecule has 19 heteroatoms. The summed E-state index contributed by atoms with van der Waals surface area (Å²) in [6, 6.07) is 0. The smallest absolute Gasteiger partial charge is 0.462 e. The van der Waals surface area contributed by atoms with Gasteiger partial charge in [-0.3, -0.25) is 37.3 Å². The molecular formula is C83H142O17P2. The third-order valence-corrected chi connectivity index (χ3v) is 18.3. The van der Waals surface area contributed by atoms with E-state index < -0.39 is 97.5 Å². The van der Waals surface area contributed by atoms with Crippen LogP contribution in [-0.2, 0) is 65.4 Å². The predicted octanol–water partition coefficient (Wildman–Crippen LogP) is 23.1. The molecule has 0 aliphatic rings. The van der Waals surface area contributed by atoms with E-state index in [1.807, 2.05) is 0 Å². The Kier molecular flexibility index (Phi) is 71.4. The van der Waals surface area contributed by atoms with E-state index in [1.165, 1.54) is 64.2 Å². The van der Waals surface area contributed by atoms with Gasteiger partial charge in [0.1, 0.15) is 19.3 Å². The Morgan fingerprint density at radius 1 is 0.284 bits per heavy atom. The maximum Gasteiger partial charge on any atom is 0.472 e. The lowest BCUT2D eigenvalue weighted by Gasteiger charge is -2.21. The molecule has 0 fully saturated rings. The van der Waals surface area contributed by atoms with E-state index in [4.69, 9.17) is 37.0 Å². The van der Waals surface area contributed by atoms with Crippen molar-refractivity contribution in [2.24, 2.45) is 0 Å². The van der Waals surface area contributed by atoms with Crippen LogP contribution in [0.3, 0.4) is 0 Å². The largest absolute Gasteiger partial charge is 0.472 e. The molecule has 0 saturated heterocycles. The minimum absolute atomic E-state index is 0.0610. The van der Waals surface area contributed by atoms with Crippen LogP contribution in [0.15, 0.2) is 122 Å². The first-order valence-corrected chi connectivity index (χ1v) is 42.8. The van der Waals surface area contributed by atoms with Crippen LogP contribution in [0.2, 0.25) is 0 Å². The number of carbonyl (C=O) groups excluding carboxylic acids is 4. The number of ether oxygens (including phenoxy) is 4. The second-order valence-corrected chi connectivity index (χ2v) is 29.2. The van der Waals surface area contributed by atoms with Gasteiger partial charge in [0, 0.05) is 25.7 Å². The molecule has 0 spiro atoms. The van der Waals surface area contributed by atoms with E-state index in [9.17, 15) is 43.2 Å². The number of hydrogen-bond donors (Lipinski definition) is 3. The molecule has 0 aliphatic heterocycles. The zero-order chi connectivity index (χ0) is 74.6. The van der Waals surface area contributed by atoms with Gasteiger partial charge in [-0.15, -0.1) is 0 Å². The van der Waals surface area contributed by atoms with Gasteiger partial charge in [0.05, 0.1) is 26.4 Å². The van der Waals surface area contributed by atoms with Crippen LogP contribution in [0, 0.1) is 0 Å². The topological polar surface area (TPSA) is 237 Å². The SMILES string of the molecule is CC/C=C\C/C=C\C/C=C\C/C=C\CCCCCCC(=O)OC[C@H](COP(=O)(O)OCC(O)COP(=O)(O)OC[C@@H](COC(=O)CCCCCCC/C=C\C/C=C\CCCCC)OC(=O)CCCCCCC/C=C\CCCCCC)OC(=O)CCCCCC/C=C\C/C=C\C/C=C\CCCCC. The number of rotatable bonds is 74. The second kappa shape index (κ2) is 74.7. The van der Waals surface area contributed by atoms with E-state index in [2.05, 4.69) is 149 Å². The van der Waals surface area contributed by atoms with Crippen molar-refractivity contribution in [2.45, 2.75) is 341 Å². The Labute approximate surface area is 619 Å². The quantitative estimate of drug-likeness (QED) is 0.0169. The van der Waals surface area contributed by atoms with Gasteiger partial charge in [-0.05, 0) is 161 Å². The lowest BCUT2D eigenvalue weighted by molar-refractivity contribution is -0.161. The van der Waals surface area contributed by atoms with Crippen molar-refractivity contribution in [1.82, 2.24) is 0 Å². The molecule has 0 amide bonds. The molecule has 0 aromatic rings. The molecule has 3 N–H and O–H groups in total. The average Bonchev–Trinajstić information content (AvgIpc) is 0.959. The first kappa shape index (κ1) is 97.5. The van der Waals surface area contributed by atoms with Crippen LogP contribution in [0.4, 0.5) is 0 Å². The highest BCUT2D eigenvalue weighted by molar-refractivity contribution is 7.47. The normalized spacial score (nSPS) is 14.5. The molecule has 17 nitrogen and oxygen atoms in total. The van der Waals surface area contributed by atoms with Gasteiger partial charge in [-0.1, -0.05) is 258 Å². The summed E-state index contributed by atoms with van der Waals surface area (Å²) in [4.78, 5) is 73.0. The lowest BCUT2D eigenvalue weighted by Crippen LogP contribution is -2.30. The summed E-state index contributed by atoms with van der Waals surface area (Å²) in [6.07, 6.45) is 81.7. The minimum atomic E-state index is -4.99. The third kappa shape index (κ3) is 73.8. The molecule has 586 valence electrons. The Morgan fingerprint density at radius 2 is 0.510 bits per heavy atom. The Morgan fingerprint density at radius 3 is 0.814 bits per heavy atom. The molecule has 3 unspecified atom stereocenters. The molecule has 5 atom stereocenters. The molecule has 0 heterocycles. The maximum atomic E-state index is 13.1. The number of unbranched alkanes of at least 4 members (excludes halogenated alkanes) is 28. The first-order valence-electron chi connectivity index (χ1n) is 39.8. The van der Waals surface area contributed by atoms with Crippen molar-refractivity contribution in [3.05, 3.63) is 122 Å². The van der Waals surface area contributed by atoms with Crippen molar-refractivity contribution >= 4 is 39.5 Å². The average molecular weight is 1470 g/mol. The van der Waals surface area contributed by atoms with Crippen molar-refractivity contribution in [3.63, 3.8) is 0 Å². The van der Waals surface area contributed by atoms with Gasteiger partial charge in [-0.2, -0.15) is 0 Å². The first-order chi connectivity index (χ1) is 49.7. The number of aliphatic hydroxyl groups excluding tert-OH is 1. The van der Waals surface area contributed by atoms with Gasteiger partial charge < -0.3 is 33.8 Å². The van der Waals surface area contributed by atoms with Crippen molar-refractivity contribution in [1.29, 1.82) is 0 Å². The minimum Gasteiger partial charge on any atom is -0.462 e. The molecule has 0 aliphatic carbocycles. The van der Waals surface area contributed by atoms with Gasteiger partial charge in [0.25, 0.3) is 0 Å². The molecule has 0 radical (unpaired) electrons. The zero-order valence-corrected chi connectivity index (χ0v) is 65.8. The van der Waals surface area contributed by atoms with Crippen molar-refractivity contribution in [3.8, 4) is 0 Å². The molecule has 102 heavy (non-hydrogen) atoms. The van der Waals surface area contributed by atoms with Gasteiger partial charge in [0.15, 0.2) is 12.2 Å². The van der Waals surface area contributed by atoms with Gasteiger partial charge in [0.2, 0.25) is 0 Å². The number of esters is 4. The van der Waals surface area contributed by atoms with Crippen LogP contribution in [0.5, 0.6) is 0 Å². The van der Waals surface area contributed by atoms with E-state index in [-0.39, 0.29) is 25.7 Å². The van der Waals surface area contributed by atoms with Crippen LogP contribution < -0.4 is 0 Å². The molecular weight excluding hydrogens is 1330 g/mol. The van der Waals surface area contributed by atoms with Gasteiger partial charge in [-0.25, -0.2) is 9.13 Å². The summed E-state index contributed by atoms with van der Waals surface area (Å²) in [7, 11) is -9.98. The number of carbonyl (C=O) groups is 4. The number of aliphatic hydroxyl groups is 1. The molecule has 0 aromatic carbocycles. The highest BCUT2D eigenvalue weighted by atomic mass is 31.2. The molecule has 0 rings (SSSR count). The lowest BCUT2D eigenvalue weighted by atomic mass is 10.1. The molecule has 0 saturated carbocycles. The highest BCUT2D eigenvalue weighted by Crippen LogP contribution is 2.45. The fourth-order valence-electron chi connectivity index (χ4n) is 10.3. The molecule has 0 bridgehead atoms. The number of phosphoric ester groups is 2. The number of hydrogen-bond acceptors (Lipinski definition) is 15. The van der Waals surface area contributed by atoms with E-state index >= 15 is 0 Å². The third-order valence-electron chi connectivity index (χ3n) is 16.4. The second-order valence-electron chi connectivity index (χ2n) is 26.3. The summed E-state index contributed by atoms with van der Waals surface area (Å²) in [5.74, 6) is -2.25. The van der Waals surface area contributed by atoms with Crippen LogP contribution in [0.1, 0.15) is 323 Å². The van der Waals surface area contributed by atoms with E-state index in [0.717, 1.165) is 180 Å². The summed E-state index contributed by atoms with van der Waals surface area (Å²) >= 11 is 0. The maximum absolute atomic E-state index is 13.1. The summed E-state index contributed by atoms with van der Waals surface area (Å²) in [5.41, 5.74) is 0. The fourth-order valence-corrected chi connectivity index (χ4v) is 11.9. The van der Waals surface area contributed by atoms with Crippen molar-refractivity contribution in [2.75, 3.05) is 39.6 Å². The predicted molar refractivity (Wildman–Crippen MR) is 418 cm³/mol. The Bertz CT molecular complexity index is 2410. The van der Waals surface area contributed by atoms with Crippen LogP contribution in [0.25, 0.3) is 0 Å². The monoisotopic (exact) mass is 1470 g/mol. The summed E-state index contributed by atoms with van der Waals surface area (Å²) < 4.78 is 68.5. The van der Waals surface area contributed by atoms with Crippen molar-refractivity contribution < 1.29 is 80.2 Å². The summed E-state index contributed by atoms with van der Waals surface area (Å²) in [5, 5.41) is 10.6. The van der Waals surface area contributed by atoms with Crippen LogP contribution >= 0.6 is 15.6 Å². The van der Waals surface area contributed by atoms with E-state index in [0.29, 0.717) is 25.7 Å². The highest BCUT2D eigenvalue weighted by Gasteiger charge is 2.30. The molecule has 0 aromatic heterocycles.